The van der Waals surface area contributed by atoms with Gasteiger partial charge in [-0.15, -0.1) is 11.3 Å². The Morgan fingerprint density at radius 1 is 1.00 bits per heavy atom. The molecule has 0 radical (unpaired) electrons. The zero-order valence-electron chi connectivity index (χ0n) is 14.9. The lowest BCUT2D eigenvalue weighted by atomic mass is 10.1. The second-order valence-electron chi connectivity index (χ2n) is 6.37. The van der Waals surface area contributed by atoms with E-state index in [0.717, 1.165) is 43.1 Å². The Bertz CT molecular complexity index is 1060. The lowest BCUT2D eigenvalue weighted by Crippen LogP contribution is -2.05. The van der Waals surface area contributed by atoms with Gasteiger partial charge in [0.2, 0.25) is 0 Å². The molecular weight excluding hydrogens is 422 g/mol. The van der Waals surface area contributed by atoms with Gasteiger partial charge in [0.25, 0.3) is 0 Å². The summed E-state index contributed by atoms with van der Waals surface area (Å²) in [7, 11) is 0. The minimum absolute atomic E-state index is 0.157. The number of ether oxygens (including phenoxy) is 1. The first kappa shape index (κ1) is 17.9. The number of rotatable bonds is 5. The minimum atomic E-state index is 0.157. The summed E-state index contributed by atoms with van der Waals surface area (Å²) in [6, 6.07) is 16.2. The quantitative estimate of drug-likeness (QED) is 0.377. The SMILES string of the molecule is CC(C)Oc1ccc(Nc2ncnc3scc(-c4ccc(Br)cc4)c23)cc1. The molecule has 0 saturated heterocycles. The summed E-state index contributed by atoms with van der Waals surface area (Å²) in [5.74, 6) is 1.66. The van der Waals surface area contributed by atoms with Crippen LogP contribution in [-0.4, -0.2) is 16.1 Å². The van der Waals surface area contributed by atoms with Gasteiger partial charge in [-0.25, -0.2) is 9.97 Å². The summed E-state index contributed by atoms with van der Waals surface area (Å²) in [5, 5.41) is 6.59. The molecule has 136 valence electrons. The highest BCUT2D eigenvalue weighted by Gasteiger charge is 2.13. The van der Waals surface area contributed by atoms with E-state index in [2.05, 4.69) is 48.7 Å². The highest BCUT2D eigenvalue weighted by atomic mass is 79.9. The standard InChI is InChI=1S/C21H18BrN3OS/c1-13(2)26-17-9-7-16(8-10-17)25-20-19-18(11-27-21(19)24-12-23-20)14-3-5-15(22)6-4-14/h3-13H,1-2H3,(H,23,24,25). The van der Waals surface area contributed by atoms with E-state index in [9.17, 15) is 0 Å². The summed E-state index contributed by atoms with van der Waals surface area (Å²) < 4.78 is 6.77. The van der Waals surface area contributed by atoms with E-state index in [-0.39, 0.29) is 6.10 Å². The Kier molecular flexibility index (Phi) is 5.09. The molecule has 4 nitrogen and oxygen atoms in total. The zero-order valence-corrected chi connectivity index (χ0v) is 17.3. The minimum Gasteiger partial charge on any atom is -0.491 e. The van der Waals surface area contributed by atoms with Gasteiger partial charge in [0.05, 0.1) is 11.5 Å². The van der Waals surface area contributed by atoms with Crippen LogP contribution in [0.25, 0.3) is 21.3 Å². The molecule has 0 bridgehead atoms. The first-order chi connectivity index (χ1) is 13.1. The third-order valence-corrected chi connectivity index (χ3v) is 5.43. The molecule has 0 atom stereocenters. The number of nitrogens with one attached hydrogen (secondary N) is 1. The fourth-order valence-electron chi connectivity index (χ4n) is 2.84. The summed E-state index contributed by atoms with van der Waals surface area (Å²) in [4.78, 5) is 9.89. The average molecular weight is 440 g/mol. The van der Waals surface area contributed by atoms with Crippen LogP contribution in [0.2, 0.25) is 0 Å². The summed E-state index contributed by atoms with van der Waals surface area (Å²) in [6.07, 6.45) is 1.76. The number of aromatic nitrogens is 2. The number of fused-ring (bicyclic) bond motifs is 1. The van der Waals surface area contributed by atoms with Crippen LogP contribution in [0.5, 0.6) is 5.75 Å². The van der Waals surface area contributed by atoms with Crippen LogP contribution in [-0.2, 0) is 0 Å². The smallest absolute Gasteiger partial charge is 0.143 e. The molecule has 2 heterocycles. The highest BCUT2D eigenvalue weighted by molar-refractivity contribution is 9.10. The van der Waals surface area contributed by atoms with E-state index in [1.54, 1.807) is 17.7 Å². The molecule has 1 N–H and O–H groups in total. The van der Waals surface area contributed by atoms with Gasteiger partial charge in [0, 0.05) is 21.1 Å². The van der Waals surface area contributed by atoms with Crippen LogP contribution in [0.15, 0.2) is 64.7 Å². The van der Waals surface area contributed by atoms with Crippen LogP contribution < -0.4 is 10.1 Å². The Labute approximate surface area is 170 Å². The first-order valence-electron chi connectivity index (χ1n) is 8.62. The average Bonchev–Trinajstić information content (AvgIpc) is 3.09. The van der Waals surface area contributed by atoms with Gasteiger partial charge in [-0.05, 0) is 55.8 Å². The van der Waals surface area contributed by atoms with E-state index in [1.165, 1.54) is 0 Å². The van der Waals surface area contributed by atoms with E-state index in [0.29, 0.717) is 0 Å². The maximum atomic E-state index is 5.71. The highest BCUT2D eigenvalue weighted by Crippen LogP contribution is 2.37. The van der Waals surface area contributed by atoms with Gasteiger partial charge in [-0.3, -0.25) is 0 Å². The number of anilines is 2. The topological polar surface area (TPSA) is 47.0 Å². The van der Waals surface area contributed by atoms with Crippen LogP contribution in [0, 0.1) is 0 Å². The third kappa shape index (κ3) is 3.96. The fraction of sp³-hybridized carbons (Fsp3) is 0.143. The largest absolute Gasteiger partial charge is 0.491 e. The molecule has 2 aromatic heterocycles. The van der Waals surface area contributed by atoms with Crippen molar-refractivity contribution in [1.82, 2.24) is 9.97 Å². The van der Waals surface area contributed by atoms with Gasteiger partial charge < -0.3 is 10.1 Å². The normalized spacial score (nSPS) is 11.1. The molecule has 6 heteroatoms. The maximum absolute atomic E-state index is 5.71. The lowest BCUT2D eigenvalue weighted by molar-refractivity contribution is 0.242. The van der Waals surface area contributed by atoms with Crippen molar-refractivity contribution in [1.29, 1.82) is 0 Å². The molecular formula is C21H18BrN3OS. The van der Waals surface area contributed by atoms with Crippen molar-refractivity contribution in [2.24, 2.45) is 0 Å². The van der Waals surface area contributed by atoms with Crippen molar-refractivity contribution in [2.75, 3.05) is 5.32 Å². The monoisotopic (exact) mass is 439 g/mol. The number of thiophene rings is 1. The van der Waals surface area contributed by atoms with Crippen molar-refractivity contribution in [3.8, 4) is 16.9 Å². The molecule has 0 spiro atoms. The number of hydrogen-bond acceptors (Lipinski definition) is 5. The lowest BCUT2D eigenvalue weighted by Gasteiger charge is -2.11. The molecule has 2 aromatic carbocycles. The van der Waals surface area contributed by atoms with Gasteiger partial charge in [0.15, 0.2) is 0 Å². The van der Waals surface area contributed by atoms with E-state index >= 15 is 0 Å². The summed E-state index contributed by atoms with van der Waals surface area (Å²) in [6.45, 7) is 4.04. The number of benzene rings is 2. The molecule has 0 amide bonds. The molecule has 0 unspecified atom stereocenters. The number of hydrogen-bond donors (Lipinski definition) is 1. The third-order valence-electron chi connectivity index (χ3n) is 4.01. The van der Waals surface area contributed by atoms with E-state index < -0.39 is 0 Å². The van der Waals surface area contributed by atoms with Crippen molar-refractivity contribution in [3.05, 3.63) is 64.7 Å². The predicted octanol–water partition coefficient (Wildman–Crippen LogP) is 6.65. The van der Waals surface area contributed by atoms with Gasteiger partial charge in [-0.1, -0.05) is 28.1 Å². The zero-order chi connectivity index (χ0) is 18.8. The van der Waals surface area contributed by atoms with Crippen molar-refractivity contribution < 1.29 is 4.74 Å². The maximum Gasteiger partial charge on any atom is 0.143 e. The van der Waals surface area contributed by atoms with Crippen molar-refractivity contribution in [2.45, 2.75) is 20.0 Å². The Morgan fingerprint density at radius 2 is 1.74 bits per heavy atom. The van der Waals surface area contributed by atoms with E-state index in [4.69, 9.17) is 4.74 Å². The molecule has 27 heavy (non-hydrogen) atoms. The van der Waals surface area contributed by atoms with Crippen LogP contribution in [0.1, 0.15) is 13.8 Å². The first-order valence-corrected chi connectivity index (χ1v) is 10.3. The second kappa shape index (κ2) is 7.66. The van der Waals surface area contributed by atoms with Gasteiger partial charge in [-0.2, -0.15) is 0 Å². The predicted molar refractivity (Wildman–Crippen MR) is 116 cm³/mol. The molecule has 0 fully saturated rings. The molecule has 4 rings (SSSR count). The Hall–Kier alpha value is -2.44. The molecule has 0 aliphatic heterocycles. The second-order valence-corrected chi connectivity index (χ2v) is 8.15. The van der Waals surface area contributed by atoms with Crippen LogP contribution >= 0.6 is 27.3 Å². The Morgan fingerprint density at radius 3 is 2.44 bits per heavy atom. The van der Waals surface area contributed by atoms with E-state index in [1.807, 2.05) is 50.2 Å². The summed E-state index contributed by atoms with van der Waals surface area (Å²) in [5.41, 5.74) is 3.23. The van der Waals surface area contributed by atoms with Crippen LogP contribution in [0.3, 0.4) is 0 Å². The summed E-state index contributed by atoms with van der Waals surface area (Å²) >= 11 is 5.12. The number of halogens is 1. The number of nitrogens with zero attached hydrogens (tertiary/aromatic N) is 2. The Balaban J connectivity index is 1.69. The van der Waals surface area contributed by atoms with Crippen LogP contribution in [0.4, 0.5) is 11.5 Å². The van der Waals surface area contributed by atoms with Gasteiger partial charge >= 0.3 is 0 Å². The fourth-order valence-corrected chi connectivity index (χ4v) is 4.02. The molecule has 0 saturated carbocycles. The van der Waals surface area contributed by atoms with Crippen molar-refractivity contribution in [3.63, 3.8) is 0 Å². The molecule has 0 aliphatic rings. The van der Waals surface area contributed by atoms with Gasteiger partial charge in [0.1, 0.15) is 22.7 Å². The van der Waals surface area contributed by atoms with Crippen molar-refractivity contribution >= 4 is 49.0 Å². The molecule has 4 aromatic rings. The molecule has 0 aliphatic carbocycles.